The van der Waals surface area contributed by atoms with Gasteiger partial charge in [-0.15, -0.1) is 0 Å². The summed E-state index contributed by atoms with van der Waals surface area (Å²) in [6.07, 6.45) is 0.635. The Labute approximate surface area is 171 Å². The molecule has 0 atom stereocenters. The van der Waals surface area contributed by atoms with E-state index in [1.807, 2.05) is 48.5 Å². The van der Waals surface area contributed by atoms with Gasteiger partial charge in [0, 0.05) is 22.6 Å². The number of para-hydroxylation sites is 1. The summed E-state index contributed by atoms with van der Waals surface area (Å²) in [4.78, 5) is 24.3. The molecular formula is C21H20BrN3O3. The Balaban J connectivity index is 1.64. The van der Waals surface area contributed by atoms with Gasteiger partial charge in [0.05, 0.1) is 12.8 Å². The largest absolute Gasteiger partial charge is 0.496 e. The highest BCUT2D eigenvalue weighted by Gasteiger charge is 2.09. The summed E-state index contributed by atoms with van der Waals surface area (Å²) >= 11 is 3.42. The fourth-order valence-corrected chi connectivity index (χ4v) is 3.20. The second-order valence-corrected chi connectivity index (χ2v) is 7.05. The number of benzene rings is 2. The fraction of sp³-hybridized carbons (Fsp3) is 0.190. The predicted octanol–water partition coefficient (Wildman–Crippen LogP) is 3.04. The van der Waals surface area contributed by atoms with Crippen LogP contribution >= 0.6 is 15.9 Å². The molecule has 6 nitrogen and oxygen atoms in total. The van der Waals surface area contributed by atoms with E-state index in [0.29, 0.717) is 18.7 Å². The first kappa shape index (κ1) is 19.8. The molecule has 0 aliphatic carbocycles. The minimum Gasteiger partial charge on any atom is -0.496 e. The summed E-state index contributed by atoms with van der Waals surface area (Å²) in [5.41, 5.74) is 2.18. The third-order valence-corrected chi connectivity index (χ3v) is 4.68. The molecule has 1 aromatic heterocycles. The molecule has 7 heteroatoms. The van der Waals surface area contributed by atoms with E-state index in [1.165, 1.54) is 10.7 Å². The molecule has 1 amide bonds. The summed E-state index contributed by atoms with van der Waals surface area (Å²) in [6, 6.07) is 18.3. The number of methoxy groups -OCH3 is 1. The third-order valence-electron chi connectivity index (χ3n) is 4.19. The number of aromatic nitrogens is 2. The van der Waals surface area contributed by atoms with Gasteiger partial charge < -0.3 is 10.1 Å². The summed E-state index contributed by atoms with van der Waals surface area (Å²) in [7, 11) is 1.62. The molecule has 1 heterocycles. The Morgan fingerprint density at radius 2 is 1.96 bits per heavy atom. The van der Waals surface area contributed by atoms with E-state index in [4.69, 9.17) is 4.74 Å². The molecular weight excluding hydrogens is 422 g/mol. The molecule has 144 valence electrons. The van der Waals surface area contributed by atoms with Crippen LogP contribution < -0.4 is 15.6 Å². The smallest absolute Gasteiger partial charge is 0.267 e. The van der Waals surface area contributed by atoms with Crippen molar-refractivity contribution >= 4 is 21.8 Å². The lowest BCUT2D eigenvalue weighted by molar-refractivity contribution is -0.121. The van der Waals surface area contributed by atoms with Crippen LogP contribution in [-0.2, 0) is 17.8 Å². The molecule has 3 rings (SSSR count). The maximum Gasteiger partial charge on any atom is 0.267 e. The van der Waals surface area contributed by atoms with Crippen LogP contribution in [0.4, 0.5) is 0 Å². The lowest BCUT2D eigenvalue weighted by Crippen LogP contribution is -2.34. The number of hydrogen-bond donors (Lipinski definition) is 1. The molecule has 0 radical (unpaired) electrons. The zero-order valence-electron chi connectivity index (χ0n) is 15.4. The SMILES string of the molecule is COc1ccccc1CCNC(=O)Cn1nc(-c2cccc(Br)c2)ccc1=O. The van der Waals surface area contributed by atoms with Crippen LogP contribution in [0.15, 0.2) is 69.9 Å². The monoisotopic (exact) mass is 441 g/mol. The fourth-order valence-electron chi connectivity index (χ4n) is 2.80. The normalized spacial score (nSPS) is 10.5. The highest BCUT2D eigenvalue weighted by atomic mass is 79.9. The Morgan fingerprint density at radius 3 is 2.75 bits per heavy atom. The van der Waals surface area contributed by atoms with E-state index in [-0.39, 0.29) is 18.0 Å². The van der Waals surface area contributed by atoms with Crippen molar-refractivity contribution < 1.29 is 9.53 Å². The van der Waals surface area contributed by atoms with Crippen LogP contribution in [0.1, 0.15) is 5.56 Å². The molecule has 0 fully saturated rings. The lowest BCUT2D eigenvalue weighted by atomic mass is 10.1. The zero-order valence-corrected chi connectivity index (χ0v) is 17.0. The van der Waals surface area contributed by atoms with Crippen molar-refractivity contribution in [1.29, 1.82) is 0 Å². The van der Waals surface area contributed by atoms with Crippen molar-refractivity contribution in [2.75, 3.05) is 13.7 Å². The number of nitrogens with one attached hydrogen (secondary N) is 1. The van der Waals surface area contributed by atoms with Crippen molar-refractivity contribution in [3.05, 3.63) is 81.1 Å². The highest BCUT2D eigenvalue weighted by Crippen LogP contribution is 2.20. The molecule has 3 aromatic rings. The predicted molar refractivity (Wildman–Crippen MR) is 111 cm³/mol. The topological polar surface area (TPSA) is 73.2 Å². The first-order valence-electron chi connectivity index (χ1n) is 8.79. The van der Waals surface area contributed by atoms with Crippen molar-refractivity contribution in [3.8, 4) is 17.0 Å². The van der Waals surface area contributed by atoms with Crippen LogP contribution in [-0.4, -0.2) is 29.3 Å². The second-order valence-electron chi connectivity index (χ2n) is 6.14. The molecule has 0 saturated carbocycles. The van der Waals surface area contributed by atoms with Gasteiger partial charge in [-0.3, -0.25) is 9.59 Å². The van der Waals surface area contributed by atoms with Crippen molar-refractivity contribution in [3.63, 3.8) is 0 Å². The van der Waals surface area contributed by atoms with Gasteiger partial charge >= 0.3 is 0 Å². The molecule has 0 aliphatic rings. The van der Waals surface area contributed by atoms with Gasteiger partial charge in [-0.25, -0.2) is 4.68 Å². The van der Waals surface area contributed by atoms with E-state index < -0.39 is 0 Å². The molecule has 28 heavy (non-hydrogen) atoms. The maximum absolute atomic E-state index is 12.3. The van der Waals surface area contributed by atoms with Crippen LogP contribution in [0.3, 0.4) is 0 Å². The van der Waals surface area contributed by atoms with Crippen molar-refractivity contribution in [2.45, 2.75) is 13.0 Å². The summed E-state index contributed by atoms with van der Waals surface area (Å²) in [6.45, 7) is 0.311. The van der Waals surface area contributed by atoms with Gasteiger partial charge in [0.1, 0.15) is 12.3 Å². The van der Waals surface area contributed by atoms with Crippen molar-refractivity contribution in [2.24, 2.45) is 0 Å². The lowest BCUT2D eigenvalue weighted by Gasteiger charge is -2.10. The quantitative estimate of drug-likeness (QED) is 0.611. The first-order valence-corrected chi connectivity index (χ1v) is 9.59. The molecule has 0 aliphatic heterocycles. The van der Waals surface area contributed by atoms with Gasteiger partial charge in [0.15, 0.2) is 0 Å². The van der Waals surface area contributed by atoms with E-state index in [2.05, 4.69) is 26.3 Å². The van der Waals surface area contributed by atoms with E-state index in [9.17, 15) is 9.59 Å². The second kappa shape index (κ2) is 9.32. The standard InChI is InChI=1S/C21H20BrN3O3/c1-28-19-8-3-2-5-15(19)11-12-23-20(26)14-25-21(27)10-9-18(24-25)16-6-4-7-17(22)13-16/h2-10,13H,11-12,14H2,1H3,(H,23,26). The van der Waals surface area contributed by atoms with E-state index >= 15 is 0 Å². The maximum atomic E-state index is 12.3. The average Bonchev–Trinajstić information content (AvgIpc) is 2.70. The zero-order chi connectivity index (χ0) is 19.9. The number of nitrogens with zero attached hydrogens (tertiary/aromatic N) is 2. The van der Waals surface area contributed by atoms with Crippen LogP contribution in [0.2, 0.25) is 0 Å². The van der Waals surface area contributed by atoms with Gasteiger partial charge in [-0.05, 0) is 36.2 Å². The van der Waals surface area contributed by atoms with Crippen molar-refractivity contribution in [1.82, 2.24) is 15.1 Å². The van der Waals surface area contributed by atoms with Gasteiger partial charge in [-0.1, -0.05) is 46.3 Å². The van der Waals surface area contributed by atoms with E-state index in [0.717, 1.165) is 21.3 Å². The third kappa shape index (κ3) is 5.07. The Bertz CT molecular complexity index is 1030. The molecule has 0 spiro atoms. The van der Waals surface area contributed by atoms with Gasteiger partial charge in [-0.2, -0.15) is 5.10 Å². The highest BCUT2D eigenvalue weighted by molar-refractivity contribution is 9.10. The molecule has 2 aromatic carbocycles. The first-order chi connectivity index (χ1) is 13.6. The average molecular weight is 442 g/mol. The minimum atomic E-state index is -0.321. The number of halogens is 1. The van der Waals surface area contributed by atoms with Crippen LogP contribution in [0.5, 0.6) is 5.75 Å². The summed E-state index contributed by atoms with van der Waals surface area (Å²) < 4.78 is 7.40. The number of rotatable bonds is 7. The molecule has 0 saturated heterocycles. The van der Waals surface area contributed by atoms with E-state index in [1.54, 1.807) is 13.2 Å². The van der Waals surface area contributed by atoms with Crippen LogP contribution in [0.25, 0.3) is 11.3 Å². The number of carbonyl (C=O) groups excluding carboxylic acids is 1. The number of hydrogen-bond acceptors (Lipinski definition) is 4. The molecule has 0 bridgehead atoms. The number of ether oxygens (including phenoxy) is 1. The molecule has 0 unspecified atom stereocenters. The van der Waals surface area contributed by atoms with Crippen LogP contribution in [0, 0.1) is 0 Å². The molecule has 1 N–H and O–H groups in total. The number of amides is 1. The Hall–Kier alpha value is -2.93. The Kier molecular flexibility index (Phi) is 6.60. The Morgan fingerprint density at radius 1 is 1.14 bits per heavy atom. The van der Waals surface area contributed by atoms with Gasteiger partial charge in [0.2, 0.25) is 5.91 Å². The minimum absolute atomic E-state index is 0.132. The summed E-state index contributed by atoms with van der Waals surface area (Å²) in [5, 5.41) is 7.14. The number of carbonyl (C=O) groups is 1. The van der Waals surface area contributed by atoms with Gasteiger partial charge in [0.25, 0.3) is 5.56 Å². The summed E-state index contributed by atoms with van der Waals surface area (Å²) in [5.74, 6) is 0.521.